The van der Waals surface area contributed by atoms with E-state index in [1.165, 1.54) is 16.7 Å². The van der Waals surface area contributed by atoms with E-state index in [-0.39, 0.29) is 5.91 Å². The number of nitrogens with one attached hydrogen (secondary N) is 1. The minimum absolute atomic E-state index is 0.234. The predicted molar refractivity (Wildman–Crippen MR) is 80.2 cm³/mol. The van der Waals surface area contributed by atoms with Crippen molar-refractivity contribution >= 4 is 23.9 Å². The summed E-state index contributed by atoms with van der Waals surface area (Å²) in [6.07, 6.45) is 0.729. The summed E-state index contributed by atoms with van der Waals surface area (Å²) < 4.78 is 6.56. The Morgan fingerprint density at radius 1 is 1.48 bits per heavy atom. The molecule has 1 N–H and O–H groups in total. The summed E-state index contributed by atoms with van der Waals surface area (Å²) in [6, 6.07) is 3.72. The van der Waals surface area contributed by atoms with Gasteiger partial charge in [0.25, 0.3) is 5.91 Å². The number of rotatable bonds is 5. The van der Waals surface area contributed by atoms with Crippen molar-refractivity contribution in [2.24, 2.45) is 7.05 Å². The average molecular weight is 307 g/mol. The molecule has 2 rings (SSSR count). The highest BCUT2D eigenvalue weighted by atomic mass is 32.2. The molecule has 112 valence electrons. The van der Waals surface area contributed by atoms with Crippen molar-refractivity contribution in [1.29, 1.82) is 0 Å². The van der Waals surface area contributed by atoms with Gasteiger partial charge in [-0.1, -0.05) is 18.1 Å². The molecule has 0 saturated heterocycles. The number of hydrogen-bond acceptors (Lipinski definition) is 6. The van der Waals surface area contributed by atoms with Crippen LogP contribution in [0.4, 0.5) is 5.95 Å². The zero-order valence-electron chi connectivity index (χ0n) is 12.4. The maximum absolute atomic E-state index is 12.4. The number of aryl methyl sites for hydroxylation is 2. The summed E-state index contributed by atoms with van der Waals surface area (Å²) >= 11 is 1.27. The van der Waals surface area contributed by atoms with E-state index < -0.39 is 0 Å². The lowest BCUT2D eigenvalue weighted by atomic mass is 10.0. The lowest BCUT2D eigenvalue weighted by Gasteiger charge is -2.14. The first kappa shape index (κ1) is 15.5. The van der Waals surface area contributed by atoms with Gasteiger partial charge in [-0.05, 0) is 41.0 Å². The summed E-state index contributed by atoms with van der Waals surface area (Å²) in [7, 11) is 3.28. The molecule has 0 atom stereocenters. The lowest BCUT2D eigenvalue weighted by Crippen LogP contribution is -2.17. The highest BCUT2D eigenvalue weighted by Gasteiger charge is 2.18. The molecule has 1 aromatic heterocycles. The smallest absolute Gasteiger partial charge is 0.258 e. The topological polar surface area (TPSA) is 81.9 Å². The third kappa shape index (κ3) is 3.22. The highest BCUT2D eigenvalue weighted by Crippen LogP contribution is 2.30. The molecule has 1 aromatic carbocycles. The molecule has 0 saturated carbocycles. The first-order chi connectivity index (χ1) is 10.1. The Balaban J connectivity index is 2.36. The second-order valence-corrected chi connectivity index (χ2v) is 5.33. The highest BCUT2D eigenvalue weighted by molar-refractivity contribution is 7.94. The molecule has 1 heterocycles. The molecule has 8 heteroatoms. The summed E-state index contributed by atoms with van der Waals surface area (Å²) in [5.41, 5.74) is 2.63. The number of tetrazole rings is 1. The first-order valence-corrected chi connectivity index (χ1v) is 7.19. The van der Waals surface area contributed by atoms with Gasteiger partial charge in [0.05, 0.1) is 7.11 Å². The van der Waals surface area contributed by atoms with E-state index in [4.69, 9.17) is 4.18 Å². The van der Waals surface area contributed by atoms with Crippen LogP contribution in [0.2, 0.25) is 0 Å². The van der Waals surface area contributed by atoms with Crippen LogP contribution in [-0.2, 0) is 17.7 Å². The van der Waals surface area contributed by atoms with Crippen LogP contribution in [0.3, 0.4) is 0 Å². The number of hydrogen-bond donors (Lipinski definition) is 1. The number of aromatic nitrogens is 4. The SMILES string of the molecule is CCc1c(C(=O)Nc2nnnn2C)ccc(C)c1SOC. The van der Waals surface area contributed by atoms with Crippen molar-refractivity contribution in [1.82, 2.24) is 20.2 Å². The molecule has 0 unspecified atom stereocenters. The fraction of sp³-hybridized carbons (Fsp3) is 0.385. The average Bonchev–Trinajstić information content (AvgIpc) is 2.86. The van der Waals surface area contributed by atoms with E-state index in [2.05, 4.69) is 20.8 Å². The number of amides is 1. The fourth-order valence-electron chi connectivity index (χ4n) is 2.01. The summed E-state index contributed by atoms with van der Waals surface area (Å²) in [4.78, 5) is 13.4. The van der Waals surface area contributed by atoms with Gasteiger partial charge in [0.2, 0.25) is 5.95 Å². The Morgan fingerprint density at radius 2 is 2.24 bits per heavy atom. The van der Waals surface area contributed by atoms with Crippen molar-refractivity contribution in [3.8, 4) is 0 Å². The Hall–Kier alpha value is -1.93. The van der Waals surface area contributed by atoms with Crippen molar-refractivity contribution < 1.29 is 8.98 Å². The van der Waals surface area contributed by atoms with Crippen LogP contribution in [-0.4, -0.2) is 33.2 Å². The molecule has 0 spiro atoms. The number of nitrogens with zero attached hydrogens (tertiary/aromatic N) is 4. The van der Waals surface area contributed by atoms with E-state index in [0.717, 1.165) is 22.4 Å². The number of carbonyl (C=O) groups excluding carboxylic acids is 1. The molecule has 0 bridgehead atoms. The van der Waals surface area contributed by atoms with E-state index in [1.54, 1.807) is 14.2 Å². The second-order valence-electron chi connectivity index (χ2n) is 4.42. The van der Waals surface area contributed by atoms with Crippen LogP contribution >= 0.6 is 12.0 Å². The third-order valence-corrected chi connectivity index (χ3v) is 3.97. The van der Waals surface area contributed by atoms with E-state index in [0.29, 0.717) is 11.5 Å². The van der Waals surface area contributed by atoms with Crippen LogP contribution in [0.5, 0.6) is 0 Å². The van der Waals surface area contributed by atoms with Gasteiger partial charge in [0.1, 0.15) is 0 Å². The maximum Gasteiger partial charge on any atom is 0.258 e. The van der Waals surface area contributed by atoms with Crippen molar-refractivity contribution in [3.05, 3.63) is 28.8 Å². The standard InChI is InChI=1S/C13H17N5O2S/c1-5-9-10(7-6-8(2)11(9)21-20-4)12(19)14-13-15-16-17-18(13)3/h6-7H,5H2,1-4H3,(H,14,15,17,19). The van der Waals surface area contributed by atoms with E-state index >= 15 is 0 Å². The van der Waals surface area contributed by atoms with Crippen molar-refractivity contribution in [2.75, 3.05) is 12.4 Å². The van der Waals surface area contributed by atoms with Gasteiger partial charge < -0.3 is 4.18 Å². The zero-order valence-corrected chi connectivity index (χ0v) is 13.2. The zero-order chi connectivity index (χ0) is 15.4. The molecule has 1 amide bonds. The van der Waals surface area contributed by atoms with Gasteiger partial charge >= 0.3 is 0 Å². The molecule has 0 aliphatic rings. The molecule has 7 nitrogen and oxygen atoms in total. The Labute approximate surface area is 127 Å². The number of benzene rings is 1. The first-order valence-electron chi connectivity index (χ1n) is 6.45. The Kier molecular flexibility index (Phi) is 4.92. The number of anilines is 1. The largest absolute Gasteiger partial charge is 0.314 e. The van der Waals surface area contributed by atoms with Gasteiger partial charge in [0, 0.05) is 29.5 Å². The Morgan fingerprint density at radius 3 is 2.81 bits per heavy atom. The normalized spacial score (nSPS) is 10.7. The van der Waals surface area contributed by atoms with Gasteiger partial charge in [-0.15, -0.1) is 0 Å². The number of carbonyl (C=O) groups is 1. The van der Waals surface area contributed by atoms with Gasteiger partial charge in [0.15, 0.2) is 0 Å². The Bertz CT molecular complexity index is 656. The third-order valence-electron chi connectivity index (χ3n) is 3.07. The van der Waals surface area contributed by atoms with E-state index in [1.807, 2.05) is 26.0 Å². The van der Waals surface area contributed by atoms with Crippen LogP contribution < -0.4 is 5.32 Å². The molecular weight excluding hydrogens is 290 g/mol. The summed E-state index contributed by atoms with van der Waals surface area (Å²) in [5.74, 6) is 0.0753. The second kappa shape index (κ2) is 6.68. The van der Waals surface area contributed by atoms with Crippen LogP contribution in [0, 0.1) is 6.92 Å². The van der Waals surface area contributed by atoms with Crippen molar-refractivity contribution in [2.45, 2.75) is 25.2 Å². The van der Waals surface area contributed by atoms with Gasteiger partial charge in [-0.2, -0.15) is 0 Å². The molecule has 21 heavy (non-hydrogen) atoms. The van der Waals surface area contributed by atoms with Crippen LogP contribution in [0.1, 0.15) is 28.4 Å². The minimum Gasteiger partial charge on any atom is -0.314 e. The van der Waals surface area contributed by atoms with Crippen molar-refractivity contribution in [3.63, 3.8) is 0 Å². The van der Waals surface area contributed by atoms with Crippen LogP contribution in [0.15, 0.2) is 17.0 Å². The van der Waals surface area contributed by atoms with Gasteiger partial charge in [-0.3, -0.25) is 10.1 Å². The van der Waals surface area contributed by atoms with Gasteiger partial charge in [-0.25, -0.2) is 4.68 Å². The monoisotopic (exact) mass is 307 g/mol. The minimum atomic E-state index is -0.234. The fourth-order valence-corrected chi connectivity index (χ4v) is 2.73. The molecular formula is C13H17N5O2S. The quantitative estimate of drug-likeness (QED) is 0.851. The van der Waals surface area contributed by atoms with Crippen LogP contribution in [0.25, 0.3) is 0 Å². The molecule has 0 aliphatic heterocycles. The summed E-state index contributed by atoms with van der Waals surface area (Å²) in [6.45, 7) is 4.00. The molecule has 0 radical (unpaired) electrons. The molecule has 0 fully saturated rings. The summed E-state index contributed by atoms with van der Waals surface area (Å²) in [5, 5.41) is 13.6. The molecule has 0 aliphatic carbocycles. The maximum atomic E-state index is 12.4. The molecule has 2 aromatic rings. The van der Waals surface area contributed by atoms with E-state index in [9.17, 15) is 4.79 Å². The predicted octanol–water partition coefficient (Wildman–Crippen LogP) is 1.99. The lowest BCUT2D eigenvalue weighted by molar-refractivity contribution is 0.102.